The van der Waals surface area contributed by atoms with Gasteiger partial charge in [0.1, 0.15) is 22.6 Å². The van der Waals surface area contributed by atoms with E-state index in [0.29, 0.717) is 16.9 Å². The average molecular weight is 345 g/mol. The Balaban J connectivity index is 2.43. The lowest BCUT2D eigenvalue weighted by Gasteiger charge is -2.03. The van der Waals surface area contributed by atoms with Crippen LogP contribution in [0.5, 0.6) is 0 Å². The van der Waals surface area contributed by atoms with Gasteiger partial charge in [-0.15, -0.1) is 6.58 Å². The molecule has 0 spiro atoms. The van der Waals surface area contributed by atoms with Crippen LogP contribution in [0.1, 0.15) is 11.3 Å². The molecule has 7 heteroatoms. The summed E-state index contributed by atoms with van der Waals surface area (Å²) in [5.41, 5.74) is 1.46. The lowest BCUT2D eigenvalue weighted by atomic mass is 10.1. The molecular formula is C17H14ClFN4O. The van der Waals surface area contributed by atoms with Gasteiger partial charge in [0.05, 0.1) is 11.4 Å². The number of rotatable bonds is 5. The highest BCUT2D eigenvalue weighted by Crippen LogP contribution is 2.25. The second-order valence-corrected chi connectivity index (χ2v) is 5.20. The molecule has 122 valence electrons. The molecule has 0 saturated carbocycles. The fourth-order valence-electron chi connectivity index (χ4n) is 1.98. The molecule has 0 aliphatic heterocycles. The molecule has 1 aromatic heterocycles. The molecule has 0 radical (unpaired) electrons. The van der Waals surface area contributed by atoms with Gasteiger partial charge >= 0.3 is 0 Å². The molecule has 0 fully saturated rings. The van der Waals surface area contributed by atoms with Crippen LogP contribution in [0.2, 0.25) is 5.15 Å². The van der Waals surface area contributed by atoms with Crippen molar-refractivity contribution in [2.45, 2.75) is 6.92 Å². The van der Waals surface area contributed by atoms with Crippen LogP contribution in [0.15, 0.2) is 42.5 Å². The summed E-state index contributed by atoms with van der Waals surface area (Å²) in [7, 11) is 0. The number of aryl methyl sites for hydroxylation is 1. The Morgan fingerprint density at radius 3 is 2.75 bits per heavy atom. The number of nitrogens with zero attached hydrogens (tertiary/aromatic N) is 3. The number of hydrogen-bond acceptors (Lipinski definition) is 3. The van der Waals surface area contributed by atoms with Crippen molar-refractivity contribution in [2.24, 2.45) is 0 Å². The highest BCUT2D eigenvalue weighted by molar-refractivity contribution is 6.31. The van der Waals surface area contributed by atoms with Crippen LogP contribution in [0.25, 0.3) is 11.8 Å². The van der Waals surface area contributed by atoms with Crippen LogP contribution < -0.4 is 5.32 Å². The Morgan fingerprint density at radius 1 is 1.50 bits per heavy atom. The van der Waals surface area contributed by atoms with Crippen molar-refractivity contribution in [3.8, 4) is 11.8 Å². The highest BCUT2D eigenvalue weighted by atomic mass is 35.5. The third-order valence-corrected chi connectivity index (χ3v) is 3.54. The summed E-state index contributed by atoms with van der Waals surface area (Å²) in [5, 5.41) is 16.2. The summed E-state index contributed by atoms with van der Waals surface area (Å²) in [4.78, 5) is 11.9. The van der Waals surface area contributed by atoms with Gasteiger partial charge < -0.3 is 5.32 Å². The van der Waals surface area contributed by atoms with Crippen LogP contribution in [0, 0.1) is 24.1 Å². The third kappa shape index (κ3) is 3.70. The number of carbonyl (C=O) groups excluding carboxylic acids is 1. The maximum atomic E-state index is 13.0. The van der Waals surface area contributed by atoms with Gasteiger partial charge in [-0.3, -0.25) is 4.79 Å². The van der Waals surface area contributed by atoms with Crippen LogP contribution in [0.4, 0.5) is 4.39 Å². The SMILES string of the molecule is C=CCNC(=O)C(C#N)=Cc1c(C)nn(-c2ccc(F)cc2)c1Cl. The van der Waals surface area contributed by atoms with Crippen molar-refractivity contribution >= 4 is 23.6 Å². The molecule has 5 nitrogen and oxygen atoms in total. The number of hydrogen-bond donors (Lipinski definition) is 1. The second kappa shape index (κ2) is 7.57. The lowest BCUT2D eigenvalue weighted by Crippen LogP contribution is -2.24. The summed E-state index contributed by atoms with van der Waals surface area (Å²) in [6.45, 7) is 5.45. The van der Waals surface area contributed by atoms with E-state index < -0.39 is 5.91 Å². The second-order valence-electron chi connectivity index (χ2n) is 4.85. The van der Waals surface area contributed by atoms with E-state index in [2.05, 4.69) is 17.0 Å². The zero-order valence-corrected chi connectivity index (χ0v) is 13.6. The number of amides is 1. The summed E-state index contributed by atoms with van der Waals surface area (Å²) >= 11 is 6.32. The first-order valence-electron chi connectivity index (χ1n) is 7.00. The number of nitriles is 1. The van der Waals surface area contributed by atoms with E-state index in [1.165, 1.54) is 41.1 Å². The maximum Gasteiger partial charge on any atom is 0.262 e. The van der Waals surface area contributed by atoms with Crippen LogP contribution in [0.3, 0.4) is 0 Å². The number of halogens is 2. The Hall–Kier alpha value is -2.91. The highest BCUT2D eigenvalue weighted by Gasteiger charge is 2.16. The van der Waals surface area contributed by atoms with Crippen molar-refractivity contribution in [3.63, 3.8) is 0 Å². The van der Waals surface area contributed by atoms with Crippen molar-refractivity contribution in [3.05, 3.63) is 64.7 Å². The summed E-state index contributed by atoms with van der Waals surface area (Å²) < 4.78 is 14.5. The van der Waals surface area contributed by atoms with E-state index in [9.17, 15) is 14.4 Å². The minimum Gasteiger partial charge on any atom is -0.348 e. The van der Waals surface area contributed by atoms with Gasteiger partial charge in [-0.1, -0.05) is 17.7 Å². The quantitative estimate of drug-likeness (QED) is 0.514. The Bertz CT molecular complexity index is 847. The third-order valence-electron chi connectivity index (χ3n) is 3.18. The predicted molar refractivity (Wildman–Crippen MR) is 90.1 cm³/mol. The minimum absolute atomic E-state index is 0.0968. The molecule has 0 aliphatic rings. The number of aromatic nitrogens is 2. The van der Waals surface area contributed by atoms with Gasteiger partial charge in [0.15, 0.2) is 0 Å². The fraction of sp³-hybridized carbons (Fsp3) is 0.118. The molecule has 0 atom stereocenters. The Morgan fingerprint density at radius 2 is 2.17 bits per heavy atom. The Labute approximate surface area is 143 Å². The topological polar surface area (TPSA) is 70.7 Å². The van der Waals surface area contributed by atoms with E-state index in [1.807, 2.05) is 6.07 Å². The van der Waals surface area contributed by atoms with Crippen molar-refractivity contribution < 1.29 is 9.18 Å². The van der Waals surface area contributed by atoms with Gasteiger partial charge in [0, 0.05) is 12.1 Å². The monoisotopic (exact) mass is 344 g/mol. The molecule has 0 aliphatic carbocycles. The molecular weight excluding hydrogens is 331 g/mol. The smallest absolute Gasteiger partial charge is 0.262 e. The van der Waals surface area contributed by atoms with Gasteiger partial charge in [0.25, 0.3) is 5.91 Å². The number of benzene rings is 1. The summed E-state index contributed by atoms with van der Waals surface area (Å²) in [6, 6.07) is 7.49. The first-order chi connectivity index (χ1) is 11.5. The van der Waals surface area contributed by atoms with E-state index in [1.54, 1.807) is 6.92 Å². The molecule has 2 rings (SSSR count). The predicted octanol–water partition coefficient (Wildman–Crippen LogP) is 3.18. The number of carbonyl (C=O) groups is 1. The minimum atomic E-state index is -0.526. The van der Waals surface area contributed by atoms with Crippen LogP contribution in [-0.2, 0) is 4.79 Å². The molecule has 1 heterocycles. The lowest BCUT2D eigenvalue weighted by molar-refractivity contribution is -0.116. The van der Waals surface area contributed by atoms with Crippen molar-refractivity contribution in [1.29, 1.82) is 5.26 Å². The van der Waals surface area contributed by atoms with E-state index >= 15 is 0 Å². The molecule has 1 N–H and O–H groups in total. The molecule has 2 aromatic rings. The standard InChI is InChI=1S/C17H14ClFN4O/c1-3-8-21-17(24)12(10-20)9-15-11(2)22-23(16(15)18)14-6-4-13(19)5-7-14/h3-7,9H,1,8H2,2H3,(H,21,24). The van der Waals surface area contributed by atoms with E-state index in [4.69, 9.17) is 11.6 Å². The molecule has 0 unspecified atom stereocenters. The zero-order chi connectivity index (χ0) is 17.7. The van der Waals surface area contributed by atoms with Gasteiger partial charge in [-0.25, -0.2) is 9.07 Å². The van der Waals surface area contributed by atoms with Gasteiger partial charge in [-0.05, 0) is 37.3 Å². The fourth-order valence-corrected chi connectivity index (χ4v) is 2.31. The average Bonchev–Trinajstić information content (AvgIpc) is 2.85. The van der Waals surface area contributed by atoms with Gasteiger partial charge in [-0.2, -0.15) is 10.4 Å². The van der Waals surface area contributed by atoms with Gasteiger partial charge in [0.2, 0.25) is 0 Å². The summed E-state index contributed by atoms with van der Waals surface area (Å²) in [5.74, 6) is -0.896. The molecule has 0 saturated heterocycles. The first kappa shape index (κ1) is 17.4. The van der Waals surface area contributed by atoms with Crippen molar-refractivity contribution in [1.82, 2.24) is 15.1 Å². The van der Waals surface area contributed by atoms with E-state index in [0.717, 1.165) is 0 Å². The van der Waals surface area contributed by atoms with Crippen LogP contribution >= 0.6 is 11.6 Å². The molecule has 24 heavy (non-hydrogen) atoms. The number of nitrogens with one attached hydrogen (secondary N) is 1. The maximum absolute atomic E-state index is 13.0. The first-order valence-corrected chi connectivity index (χ1v) is 7.37. The summed E-state index contributed by atoms with van der Waals surface area (Å²) in [6.07, 6.45) is 2.89. The molecule has 0 bridgehead atoms. The molecule has 1 amide bonds. The largest absolute Gasteiger partial charge is 0.348 e. The van der Waals surface area contributed by atoms with Crippen molar-refractivity contribution in [2.75, 3.05) is 6.54 Å². The normalized spacial score (nSPS) is 11.0. The van der Waals surface area contributed by atoms with Crippen LogP contribution in [-0.4, -0.2) is 22.2 Å². The molecule has 1 aromatic carbocycles. The van der Waals surface area contributed by atoms with E-state index in [-0.39, 0.29) is 23.1 Å². The zero-order valence-electron chi connectivity index (χ0n) is 12.9. The Kier molecular flexibility index (Phi) is 5.51.